The van der Waals surface area contributed by atoms with Gasteiger partial charge in [0.2, 0.25) is 0 Å². The van der Waals surface area contributed by atoms with Crippen molar-refractivity contribution in [3.05, 3.63) is 12.8 Å². The van der Waals surface area contributed by atoms with Crippen LogP contribution in [0.3, 0.4) is 0 Å². The van der Waals surface area contributed by atoms with Crippen molar-refractivity contribution >= 4 is 5.91 Å². The van der Waals surface area contributed by atoms with Crippen LogP contribution in [0.25, 0.3) is 0 Å². The summed E-state index contributed by atoms with van der Waals surface area (Å²) < 4.78 is 5.33. The zero-order valence-electron chi connectivity index (χ0n) is 13.8. The summed E-state index contributed by atoms with van der Waals surface area (Å²) in [5.41, 5.74) is 0. The van der Waals surface area contributed by atoms with Crippen molar-refractivity contribution < 1.29 is 9.53 Å². The van der Waals surface area contributed by atoms with Crippen molar-refractivity contribution in [2.24, 2.45) is 0 Å². The Labute approximate surface area is 130 Å². The number of unbranched alkanes of at least 4 members (excludes halogenated alkanes) is 9. The number of amides is 1. The summed E-state index contributed by atoms with van der Waals surface area (Å²) in [5, 5.41) is 0. The molecule has 1 heterocycles. The number of nitrogens with zero attached hydrogens (tertiary/aromatic N) is 1. The molecule has 3 heteroatoms. The summed E-state index contributed by atoms with van der Waals surface area (Å²) >= 11 is 0. The van der Waals surface area contributed by atoms with Crippen LogP contribution in [0.4, 0.5) is 0 Å². The summed E-state index contributed by atoms with van der Waals surface area (Å²) in [5.74, 6) is 0.0494. The third-order valence-electron chi connectivity index (χ3n) is 4.30. The molecule has 1 atom stereocenters. The van der Waals surface area contributed by atoms with E-state index in [0.29, 0.717) is 6.61 Å². The van der Waals surface area contributed by atoms with Crippen molar-refractivity contribution in [3.8, 4) is 0 Å². The number of carbonyl (C=O) groups excluding carboxylic acids is 1. The minimum Gasteiger partial charge on any atom is -0.369 e. The van der Waals surface area contributed by atoms with Gasteiger partial charge in [0.1, 0.15) is 6.61 Å². The maximum absolute atomic E-state index is 11.6. The molecule has 1 amide bonds. The monoisotopic (exact) mass is 295 g/mol. The predicted molar refractivity (Wildman–Crippen MR) is 88.1 cm³/mol. The average molecular weight is 295 g/mol. The molecule has 1 aliphatic rings. The van der Waals surface area contributed by atoms with Gasteiger partial charge in [-0.1, -0.05) is 77.7 Å². The molecule has 21 heavy (non-hydrogen) atoms. The van der Waals surface area contributed by atoms with Gasteiger partial charge in [0.25, 0.3) is 5.91 Å². The van der Waals surface area contributed by atoms with Crippen LogP contribution in [0.1, 0.15) is 77.6 Å². The zero-order valence-corrected chi connectivity index (χ0v) is 13.8. The van der Waals surface area contributed by atoms with E-state index in [9.17, 15) is 4.79 Å². The van der Waals surface area contributed by atoms with Gasteiger partial charge in [-0.15, -0.1) is 0 Å². The molecular weight excluding hydrogens is 262 g/mol. The number of hydrogen-bond donors (Lipinski definition) is 0. The summed E-state index contributed by atoms with van der Waals surface area (Å²) in [6.07, 6.45) is 16.1. The lowest BCUT2D eigenvalue weighted by atomic mass is 10.0. The highest BCUT2D eigenvalue weighted by atomic mass is 16.5. The Morgan fingerprint density at radius 2 is 1.67 bits per heavy atom. The van der Waals surface area contributed by atoms with E-state index in [1.807, 2.05) is 0 Å². The van der Waals surface area contributed by atoms with Crippen LogP contribution in [0.5, 0.6) is 0 Å². The lowest BCUT2D eigenvalue weighted by molar-refractivity contribution is -0.143. The van der Waals surface area contributed by atoms with E-state index in [4.69, 9.17) is 4.74 Å². The Kier molecular flexibility index (Phi) is 10.2. The van der Waals surface area contributed by atoms with Gasteiger partial charge < -0.3 is 9.64 Å². The zero-order chi connectivity index (χ0) is 15.3. The van der Waals surface area contributed by atoms with Crippen LogP contribution in [0.2, 0.25) is 0 Å². The van der Waals surface area contributed by atoms with Crippen LogP contribution in [0, 0.1) is 0 Å². The van der Waals surface area contributed by atoms with E-state index in [0.717, 1.165) is 6.42 Å². The van der Waals surface area contributed by atoms with Crippen LogP contribution in [-0.4, -0.2) is 30.1 Å². The minimum atomic E-state index is 0.0494. The number of rotatable bonds is 12. The van der Waals surface area contributed by atoms with Gasteiger partial charge in [-0.25, -0.2) is 0 Å². The van der Waals surface area contributed by atoms with E-state index >= 15 is 0 Å². The first kappa shape index (κ1) is 18.2. The summed E-state index contributed by atoms with van der Waals surface area (Å²) in [6.45, 7) is 6.87. The second kappa shape index (κ2) is 11.8. The van der Waals surface area contributed by atoms with Crippen molar-refractivity contribution in [3.63, 3.8) is 0 Å². The Balaban J connectivity index is 1.96. The molecule has 0 bridgehead atoms. The standard InChI is InChI=1S/C18H33NO2/c1-3-5-6-7-8-9-10-11-12-13-14-17-15-21-16-18(20)19(17)4-2/h4,17H,2-3,5-16H2,1H3. The first-order chi connectivity index (χ1) is 10.3. The Morgan fingerprint density at radius 1 is 1.10 bits per heavy atom. The van der Waals surface area contributed by atoms with E-state index in [2.05, 4.69) is 13.5 Å². The number of hydrogen-bond acceptors (Lipinski definition) is 2. The van der Waals surface area contributed by atoms with E-state index < -0.39 is 0 Å². The molecule has 122 valence electrons. The molecule has 1 aliphatic heterocycles. The van der Waals surface area contributed by atoms with Crippen LogP contribution in [0.15, 0.2) is 12.8 Å². The predicted octanol–water partition coefficient (Wildman–Crippen LogP) is 4.67. The van der Waals surface area contributed by atoms with Gasteiger partial charge >= 0.3 is 0 Å². The fraction of sp³-hybridized carbons (Fsp3) is 0.833. The Hall–Kier alpha value is -0.830. The average Bonchev–Trinajstić information content (AvgIpc) is 2.49. The number of morpholine rings is 1. The fourth-order valence-electron chi connectivity index (χ4n) is 2.98. The van der Waals surface area contributed by atoms with Gasteiger partial charge in [-0.3, -0.25) is 4.79 Å². The van der Waals surface area contributed by atoms with Gasteiger partial charge in [-0.05, 0) is 6.42 Å². The summed E-state index contributed by atoms with van der Waals surface area (Å²) in [4.78, 5) is 13.4. The molecular formula is C18H33NO2. The first-order valence-electron chi connectivity index (χ1n) is 8.81. The SMILES string of the molecule is C=CN1C(=O)COCC1CCCCCCCCCCCC. The summed E-state index contributed by atoms with van der Waals surface area (Å²) in [6, 6.07) is 0.206. The van der Waals surface area contributed by atoms with Gasteiger partial charge in [0.05, 0.1) is 12.6 Å². The minimum absolute atomic E-state index is 0.0494. The molecule has 3 nitrogen and oxygen atoms in total. The van der Waals surface area contributed by atoms with Crippen LogP contribution in [-0.2, 0) is 9.53 Å². The van der Waals surface area contributed by atoms with E-state index in [1.165, 1.54) is 64.2 Å². The number of ether oxygens (including phenoxy) is 1. The smallest absolute Gasteiger partial charge is 0.252 e. The lowest BCUT2D eigenvalue weighted by Crippen LogP contribution is -2.46. The Bertz CT molecular complexity index is 291. The second-order valence-electron chi connectivity index (χ2n) is 6.12. The second-order valence-corrected chi connectivity index (χ2v) is 6.12. The molecule has 0 saturated carbocycles. The molecule has 1 unspecified atom stereocenters. The van der Waals surface area contributed by atoms with E-state index in [1.54, 1.807) is 11.1 Å². The third-order valence-corrected chi connectivity index (χ3v) is 4.30. The lowest BCUT2D eigenvalue weighted by Gasteiger charge is -2.32. The molecule has 0 spiro atoms. The highest BCUT2D eigenvalue weighted by molar-refractivity contribution is 5.79. The van der Waals surface area contributed by atoms with E-state index in [-0.39, 0.29) is 18.6 Å². The molecule has 0 N–H and O–H groups in total. The van der Waals surface area contributed by atoms with Gasteiger partial charge in [-0.2, -0.15) is 0 Å². The molecule has 1 rings (SSSR count). The van der Waals surface area contributed by atoms with Crippen molar-refractivity contribution in [1.82, 2.24) is 4.90 Å². The molecule has 0 aromatic rings. The molecule has 0 aromatic heterocycles. The molecule has 0 radical (unpaired) electrons. The number of carbonyl (C=O) groups is 1. The topological polar surface area (TPSA) is 29.5 Å². The third kappa shape index (κ3) is 7.66. The van der Waals surface area contributed by atoms with Crippen molar-refractivity contribution in [1.29, 1.82) is 0 Å². The van der Waals surface area contributed by atoms with Crippen LogP contribution >= 0.6 is 0 Å². The quantitative estimate of drug-likeness (QED) is 0.490. The molecule has 0 aliphatic carbocycles. The van der Waals surface area contributed by atoms with Gasteiger partial charge in [0, 0.05) is 6.20 Å². The first-order valence-corrected chi connectivity index (χ1v) is 8.81. The fourth-order valence-corrected chi connectivity index (χ4v) is 2.98. The van der Waals surface area contributed by atoms with Gasteiger partial charge in [0.15, 0.2) is 0 Å². The maximum atomic E-state index is 11.6. The highest BCUT2D eigenvalue weighted by Crippen LogP contribution is 2.17. The van der Waals surface area contributed by atoms with Crippen LogP contribution < -0.4 is 0 Å². The largest absolute Gasteiger partial charge is 0.369 e. The normalized spacial score (nSPS) is 19.0. The Morgan fingerprint density at radius 3 is 2.24 bits per heavy atom. The van der Waals surface area contributed by atoms with Crippen molar-refractivity contribution in [2.45, 2.75) is 83.6 Å². The van der Waals surface area contributed by atoms with Crippen molar-refractivity contribution in [2.75, 3.05) is 13.2 Å². The molecule has 1 saturated heterocycles. The summed E-state index contributed by atoms with van der Waals surface area (Å²) in [7, 11) is 0. The highest BCUT2D eigenvalue weighted by Gasteiger charge is 2.25. The molecule has 0 aromatic carbocycles. The molecule has 1 fully saturated rings. The maximum Gasteiger partial charge on any atom is 0.252 e.